The molecule has 0 aliphatic carbocycles. The van der Waals surface area contributed by atoms with Gasteiger partial charge in [-0.15, -0.1) is 11.8 Å². The quantitative estimate of drug-likeness (QED) is 0.828. The number of carbonyl (C=O) groups excluding carboxylic acids is 1. The summed E-state index contributed by atoms with van der Waals surface area (Å²) in [4.78, 5) is 14.2. The van der Waals surface area contributed by atoms with E-state index < -0.39 is 0 Å². The summed E-state index contributed by atoms with van der Waals surface area (Å²) in [5.74, 6) is 2.24. The van der Waals surface area contributed by atoms with E-state index in [-0.39, 0.29) is 18.1 Å². The number of nitrogens with zero attached hydrogens (tertiary/aromatic N) is 1. The molecule has 2 aliphatic heterocycles. The molecule has 0 saturated carbocycles. The Kier molecular flexibility index (Phi) is 4.29. The van der Waals surface area contributed by atoms with Crippen LogP contribution in [0, 0.1) is 0 Å². The number of halogens is 1. The molecule has 2 heterocycles. The van der Waals surface area contributed by atoms with Gasteiger partial charge in [-0.2, -0.15) is 0 Å². The summed E-state index contributed by atoms with van der Waals surface area (Å²) >= 11 is 7.74. The number of thioether (sulfide) groups is 1. The van der Waals surface area contributed by atoms with Crippen LogP contribution in [0.25, 0.3) is 0 Å². The van der Waals surface area contributed by atoms with Crippen LogP contribution in [0.15, 0.2) is 42.5 Å². The van der Waals surface area contributed by atoms with E-state index in [9.17, 15) is 4.79 Å². The third kappa shape index (κ3) is 3.06. The van der Waals surface area contributed by atoms with Gasteiger partial charge in [0.15, 0.2) is 11.5 Å². The first-order valence-electron chi connectivity index (χ1n) is 7.76. The van der Waals surface area contributed by atoms with E-state index in [1.807, 2.05) is 47.4 Å². The van der Waals surface area contributed by atoms with Crippen LogP contribution in [0.5, 0.6) is 11.5 Å². The van der Waals surface area contributed by atoms with Crippen LogP contribution in [-0.2, 0) is 11.2 Å². The number of ether oxygens (including phenoxy) is 2. The summed E-state index contributed by atoms with van der Waals surface area (Å²) in [6, 6.07) is 13.7. The average molecular weight is 362 g/mol. The molecule has 6 heteroatoms. The number of carbonyl (C=O) groups is 1. The molecule has 0 aromatic heterocycles. The van der Waals surface area contributed by atoms with Gasteiger partial charge in [0.25, 0.3) is 0 Å². The number of hydrogen-bond donors (Lipinski definition) is 0. The zero-order valence-corrected chi connectivity index (χ0v) is 14.5. The van der Waals surface area contributed by atoms with Gasteiger partial charge in [0.05, 0.1) is 5.75 Å². The Hall–Kier alpha value is -1.85. The molecule has 0 N–H and O–H groups in total. The van der Waals surface area contributed by atoms with E-state index in [0.29, 0.717) is 17.3 Å². The molecule has 2 aromatic rings. The molecule has 0 spiro atoms. The van der Waals surface area contributed by atoms with Gasteiger partial charge < -0.3 is 14.4 Å². The highest BCUT2D eigenvalue weighted by Gasteiger charge is 2.32. The smallest absolute Gasteiger partial charge is 0.233 e. The molecule has 0 radical (unpaired) electrons. The Labute approximate surface area is 149 Å². The topological polar surface area (TPSA) is 38.8 Å². The van der Waals surface area contributed by atoms with Crippen molar-refractivity contribution in [3.05, 3.63) is 58.6 Å². The molecular formula is C18H16ClNO3S. The van der Waals surface area contributed by atoms with Crippen molar-refractivity contribution < 1.29 is 14.3 Å². The summed E-state index contributed by atoms with van der Waals surface area (Å²) in [5, 5.41) is 0.730. The third-order valence-electron chi connectivity index (χ3n) is 4.18. The number of rotatable bonds is 4. The van der Waals surface area contributed by atoms with E-state index >= 15 is 0 Å². The van der Waals surface area contributed by atoms with Crippen molar-refractivity contribution in [2.75, 3.05) is 19.1 Å². The second-order valence-electron chi connectivity index (χ2n) is 5.74. The zero-order valence-electron chi connectivity index (χ0n) is 12.9. The molecule has 4 nitrogen and oxygen atoms in total. The SMILES string of the molecule is O=C1CSC(c2cccc(Cl)c2)N1CCc1ccc2c(c1)OCO2. The monoisotopic (exact) mass is 361 g/mol. The second-order valence-corrected chi connectivity index (χ2v) is 7.25. The van der Waals surface area contributed by atoms with Crippen LogP contribution < -0.4 is 9.47 Å². The Morgan fingerprint density at radius 1 is 1.17 bits per heavy atom. The number of fused-ring (bicyclic) bond motifs is 1. The fourth-order valence-electron chi connectivity index (χ4n) is 2.98. The fraction of sp³-hybridized carbons (Fsp3) is 0.278. The first-order valence-corrected chi connectivity index (χ1v) is 9.18. The molecule has 24 heavy (non-hydrogen) atoms. The summed E-state index contributed by atoms with van der Waals surface area (Å²) in [5.41, 5.74) is 2.21. The van der Waals surface area contributed by atoms with Gasteiger partial charge in [0, 0.05) is 11.6 Å². The minimum atomic E-state index is 0.0326. The van der Waals surface area contributed by atoms with Crippen LogP contribution in [-0.4, -0.2) is 29.9 Å². The molecule has 1 amide bonds. The molecule has 4 rings (SSSR count). The van der Waals surface area contributed by atoms with Crippen LogP contribution in [0.2, 0.25) is 5.02 Å². The molecule has 2 aromatic carbocycles. The van der Waals surface area contributed by atoms with Crippen molar-refractivity contribution in [2.24, 2.45) is 0 Å². The van der Waals surface area contributed by atoms with E-state index in [1.165, 1.54) is 0 Å². The fourth-order valence-corrected chi connectivity index (χ4v) is 4.39. The van der Waals surface area contributed by atoms with Crippen LogP contribution in [0.1, 0.15) is 16.5 Å². The van der Waals surface area contributed by atoms with Crippen molar-refractivity contribution >= 4 is 29.3 Å². The van der Waals surface area contributed by atoms with Crippen molar-refractivity contribution in [3.8, 4) is 11.5 Å². The third-order valence-corrected chi connectivity index (χ3v) is 5.67. The largest absolute Gasteiger partial charge is 0.454 e. The maximum atomic E-state index is 12.3. The Balaban J connectivity index is 1.48. The molecule has 124 valence electrons. The molecule has 1 unspecified atom stereocenters. The normalized spacial score (nSPS) is 19.1. The van der Waals surface area contributed by atoms with Gasteiger partial charge in [0.2, 0.25) is 12.7 Å². The van der Waals surface area contributed by atoms with Gasteiger partial charge in [-0.3, -0.25) is 4.79 Å². The lowest BCUT2D eigenvalue weighted by molar-refractivity contribution is -0.128. The Morgan fingerprint density at radius 3 is 2.92 bits per heavy atom. The molecule has 2 aliphatic rings. The number of benzene rings is 2. The van der Waals surface area contributed by atoms with Crippen LogP contribution in [0.3, 0.4) is 0 Å². The number of amides is 1. The molecular weight excluding hydrogens is 346 g/mol. The Morgan fingerprint density at radius 2 is 2.04 bits per heavy atom. The zero-order chi connectivity index (χ0) is 16.5. The summed E-state index contributed by atoms with van der Waals surface area (Å²) in [7, 11) is 0. The van der Waals surface area contributed by atoms with Gasteiger partial charge in [-0.25, -0.2) is 0 Å². The predicted octanol–water partition coefficient (Wildman–Crippen LogP) is 3.89. The maximum Gasteiger partial charge on any atom is 0.233 e. The summed E-state index contributed by atoms with van der Waals surface area (Å²) in [6.07, 6.45) is 0.778. The minimum Gasteiger partial charge on any atom is -0.454 e. The van der Waals surface area contributed by atoms with Crippen LogP contribution in [0.4, 0.5) is 0 Å². The minimum absolute atomic E-state index is 0.0326. The maximum absolute atomic E-state index is 12.3. The Bertz CT molecular complexity index is 783. The van der Waals surface area contributed by atoms with Gasteiger partial charge in [-0.05, 0) is 41.8 Å². The van der Waals surface area contributed by atoms with Crippen molar-refractivity contribution in [1.82, 2.24) is 4.90 Å². The van der Waals surface area contributed by atoms with Crippen molar-refractivity contribution in [3.63, 3.8) is 0 Å². The van der Waals surface area contributed by atoms with E-state index in [0.717, 1.165) is 29.0 Å². The predicted molar refractivity (Wildman–Crippen MR) is 94.6 cm³/mol. The lowest BCUT2D eigenvalue weighted by atomic mass is 10.1. The lowest BCUT2D eigenvalue weighted by Gasteiger charge is -2.24. The first-order chi connectivity index (χ1) is 11.7. The molecule has 0 bridgehead atoms. The van der Waals surface area contributed by atoms with Crippen molar-refractivity contribution in [2.45, 2.75) is 11.8 Å². The highest BCUT2D eigenvalue weighted by atomic mass is 35.5. The molecule has 1 atom stereocenters. The van der Waals surface area contributed by atoms with Gasteiger partial charge in [0.1, 0.15) is 5.37 Å². The average Bonchev–Trinajstić information content (AvgIpc) is 3.19. The van der Waals surface area contributed by atoms with Gasteiger partial charge >= 0.3 is 0 Å². The first kappa shape index (κ1) is 15.7. The van der Waals surface area contributed by atoms with E-state index in [4.69, 9.17) is 21.1 Å². The standard InChI is InChI=1S/C18H16ClNO3S/c19-14-3-1-2-13(9-14)18-20(17(21)10-24-18)7-6-12-4-5-15-16(8-12)23-11-22-15/h1-5,8-9,18H,6-7,10-11H2. The molecule has 1 saturated heterocycles. The molecule has 1 fully saturated rings. The van der Waals surface area contributed by atoms with Crippen LogP contribution >= 0.6 is 23.4 Å². The van der Waals surface area contributed by atoms with Gasteiger partial charge in [-0.1, -0.05) is 29.8 Å². The highest BCUT2D eigenvalue weighted by molar-refractivity contribution is 8.00. The van der Waals surface area contributed by atoms with E-state index in [2.05, 4.69) is 0 Å². The summed E-state index contributed by atoms with van der Waals surface area (Å²) in [6.45, 7) is 0.944. The van der Waals surface area contributed by atoms with Crippen molar-refractivity contribution in [1.29, 1.82) is 0 Å². The second kappa shape index (κ2) is 6.57. The lowest BCUT2D eigenvalue weighted by Crippen LogP contribution is -2.30. The van der Waals surface area contributed by atoms with E-state index in [1.54, 1.807) is 11.8 Å². The summed E-state index contributed by atoms with van der Waals surface area (Å²) < 4.78 is 10.7. The highest BCUT2D eigenvalue weighted by Crippen LogP contribution is 2.39. The number of hydrogen-bond acceptors (Lipinski definition) is 4.